The molecule has 1 aromatic heterocycles. The highest BCUT2D eigenvalue weighted by Gasteiger charge is 2.12. The van der Waals surface area contributed by atoms with Gasteiger partial charge < -0.3 is 9.47 Å². The normalized spacial score (nSPS) is 10.5. The highest BCUT2D eigenvalue weighted by Crippen LogP contribution is 2.38. The second-order valence-corrected chi connectivity index (χ2v) is 5.06. The third-order valence-corrected chi connectivity index (χ3v) is 3.52. The molecule has 2 aromatic carbocycles. The van der Waals surface area contributed by atoms with Gasteiger partial charge in [-0.25, -0.2) is 0 Å². The Labute approximate surface area is 125 Å². The number of hydrogen-bond acceptors (Lipinski definition) is 3. The molecule has 0 spiro atoms. The zero-order chi connectivity index (χ0) is 13.9. The SMILES string of the molecule is COc1cccc2c(Oc3ccccc3)c(Br)cnc12. The Kier molecular flexibility index (Phi) is 3.56. The van der Waals surface area contributed by atoms with Gasteiger partial charge >= 0.3 is 0 Å². The van der Waals surface area contributed by atoms with E-state index in [0.29, 0.717) is 0 Å². The van der Waals surface area contributed by atoms with Crippen LogP contribution < -0.4 is 9.47 Å². The van der Waals surface area contributed by atoms with E-state index in [1.54, 1.807) is 13.3 Å². The lowest BCUT2D eigenvalue weighted by molar-refractivity contribution is 0.418. The molecule has 20 heavy (non-hydrogen) atoms. The summed E-state index contributed by atoms with van der Waals surface area (Å²) in [6.07, 6.45) is 1.73. The second kappa shape index (κ2) is 5.51. The third-order valence-electron chi connectivity index (χ3n) is 2.95. The predicted octanol–water partition coefficient (Wildman–Crippen LogP) is 4.80. The van der Waals surface area contributed by atoms with Gasteiger partial charge in [-0.1, -0.05) is 24.3 Å². The maximum absolute atomic E-state index is 5.98. The molecule has 0 saturated heterocycles. The Morgan fingerprint density at radius 3 is 2.55 bits per heavy atom. The van der Waals surface area contributed by atoms with Gasteiger partial charge in [0.15, 0.2) is 5.75 Å². The quantitative estimate of drug-likeness (QED) is 0.691. The molecule has 0 aliphatic heterocycles. The molecule has 3 rings (SSSR count). The van der Waals surface area contributed by atoms with Crippen LogP contribution in [0.2, 0.25) is 0 Å². The zero-order valence-electron chi connectivity index (χ0n) is 10.8. The van der Waals surface area contributed by atoms with Gasteiger partial charge in [0, 0.05) is 11.6 Å². The summed E-state index contributed by atoms with van der Waals surface area (Å²) < 4.78 is 12.1. The monoisotopic (exact) mass is 329 g/mol. The topological polar surface area (TPSA) is 31.4 Å². The molecule has 4 heteroatoms. The summed E-state index contributed by atoms with van der Waals surface area (Å²) >= 11 is 3.49. The minimum Gasteiger partial charge on any atom is -0.494 e. The van der Waals surface area contributed by atoms with Gasteiger partial charge in [-0.15, -0.1) is 0 Å². The fourth-order valence-corrected chi connectivity index (χ4v) is 2.42. The number of benzene rings is 2. The predicted molar refractivity (Wildman–Crippen MR) is 82.5 cm³/mol. The molecule has 1 heterocycles. The highest BCUT2D eigenvalue weighted by molar-refractivity contribution is 9.10. The average Bonchev–Trinajstić information content (AvgIpc) is 2.50. The molecule has 0 saturated carbocycles. The molecule has 0 unspecified atom stereocenters. The Bertz CT molecular complexity index is 744. The first kappa shape index (κ1) is 12.9. The average molecular weight is 330 g/mol. The molecule has 0 aliphatic carbocycles. The van der Waals surface area contributed by atoms with Gasteiger partial charge in [0.2, 0.25) is 0 Å². The van der Waals surface area contributed by atoms with Gasteiger partial charge in [0.1, 0.15) is 17.0 Å². The van der Waals surface area contributed by atoms with Crippen molar-refractivity contribution >= 4 is 26.8 Å². The van der Waals surface area contributed by atoms with Gasteiger partial charge in [0.05, 0.1) is 11.6 Å². The molecule has 0 N–H and O–H groups in total. The first-order valence-corrected chi connectivity index (χ1v) is 6.93. The van der Waals surface area contributed by atoms with Gasteiger partial charge in [0.25, 0.3) is 0 Å². The third kappa shape index (κ3) is 2.34. The summed E-state index contributed by atoms with van der Waals surface area (Å²) in [5.41, 5.74) is 0.782. The summed E-state index contributed by atoms with van der Waals surface area (Å²) in [6, 6.07) is 15.4. The van der Waals surface area contributed by atoms with E-state index in [0.717, 1.165) is 32.6 Å². The van der Waals surface area contributed by atoms with Crippen LogP contribution in [-0.4, -0.2) is 12.1 Å². The van der Waals surface area contributed by atoms with Crippen molar-refractivity contribution in [3.8, 4) is 17.2 Å². The van der Waals surface area contributed by atoms with E-state index >= 15 is 0 Å². The number of aromatic nitrogens is 1. The Morgan fingerprint density at radius 1 is 1.00 bits per heavy atom. The summed E-state index contributed by atoms with van der Waals surface area (Å²) in [6.45, 7) is 0. The van der Waals surface area contributed by atoms with Crippen molar-refractivity contribution in [2.75, 3.05) is 7.11 Å². The number of para-hydroxylation sites is 2. The minimum atomic E-state index is 0.730. The van der Waals surface area contributed by atoms with Crippen LogP contribution in [0.1, 0.15) is 0 Å². The fraction of sp³-hybridized carbons (Fsp3) is 0.0625. The summed E-state index contributed by atoms with van der Waals surface area (Å²) in [4.78, 5) is 4.40. The van der Waals surface area contributed by atoms with Crippen molar-refractivity contribution in [1.29, 1.82) is 0 Å². The van der Waals surface area contributed by atoms with Gasteiger partial charge in [-0.05, 0) is 40.2 Å². The molecule has 0 amide bonds. The number of hydrogen-bond donors (Lipinski definition) is 0. The van der Waals surface area contributed by atoms with Crippen LogP contribution in [0, 0.1) is 0 Å². The van der Waals surface area contributed by atoms with Crippen molar-refractivity contribution in [3.63, 3.8) is 0 Å². The fourth-order valence-electron chi connectivity index (χ4n) is 2.02. The lowest BCUT2D eigenvalue weighted by Gasteiger charge is -2.12. The minimum absolute atomic E-state index is 0.730. The maximum Gasteiger partial charge on any atom is 0.152 e. The van der Waals surface area contributed by atoms with Crippen molar-refractivity contribution < 1.29 is 9.47 Å². The number of fused-ring (bicyclic) bond motifs is 1. The van der Waals surface area contributed by atoms with Crippen LogP contribution in [0.4, 0.5) is 0 Å². The Balaban J connectivity index is 2.16. The van der Waals surface area contributed by atoms with Gasteiger partial charge in [-0.2, -0.15) is 0 Å². The number of halogens is 1. The summed E-state index contributed by atoms with van der Waals surface area (Å²) in [5.74, 6) is 2.25. The van der Waals surface area contributed by atoms with E-state index < -0.39 is 0 Å². The first-order valence-electron chi connectivity index (χ1n) is 6.13. The maximum atomic E-state index is 5.98. The van der Waals surface area contributed by atoms with E-state index in [2.05, 4.69) is 20.9 Å². The molecule has 100 valence electrons. The molecule has 0 radical (unpaired) electrons. The number of nitrogens with zero attached hydrogens (tertiary/aromatic N) is 1. The lowest BCUT2D eigenvalue weighted by atomic mass is 10.2. The number of ether oxygens (including phenoxy) is 2. The standard InChI is InChI=1S/C16H12BrNO2/c1-19-14-9-5-8-12-15(14)18-10-13(17)16(12)20-11-6-3-2-4-7-11/h2-10H,1H3. The Morgan fingerprint density at radius 2 is 1.80 bits per heavy atom. The first-order chi connectivity index (χ1) is 9.79. The van der Waals surface area contributed by atoms with Crippen molar-refractivity contribution in [3.05, 3.63) is 59.2 Å². The van der Waals surface area contributed by atoms with E-state index in [-0.39, 0.29) is 0 Å². The van der Waals surface area contributed by atoms with E-state index in [1.807, 2.05) is 48.5 Å². The van der Waals surface area contributed by atoms with Crippen molar-refractivity contribution in [2.45, 2.75) is 0 Å². The summed E-state index contributed by atoms with van der Waals surface area (Å²) in [7, 11) is 1.64. The van der Waals surface area contributed by atoms with Crippen LogP contribution in [0.5, 0.6) is 17.2 Å². The smallest absolute Gasteiger partial charge is 0.152 e. The van der Waals surface area contributed by atoms with Crippen LogP contribution in [-0.2, 0) is 0 Å². The molecular weight excluding hydrogens is 318 g/mol. The number of rotatable bonds is 3. The lowest BCUT2D eigenvalue weighted by Crippen LogP contribution is -1.92. The molecule has 0 aliphatic rings. The molecule has 3 aromatic rings. The van der Waals surface area contributed by atoms with E-state index in [9.17, 15) is 0 Å². The number of methoxy groups -OCH3 is 1. The second-order valence-electron chi connectivity index (χ2n) is 4.21. The Hall–Kier alpha value is -2.07. The summed E-state index contributed by atoms with van der Waals surface area (Å²) in [5, 5.41) is 0.905. The highest BCUT2D eigenvalue weighted by atomic mass is 79.9. The number of pyridine rings is 1. The van der Waals surface area contributed by atoms with Crippen LogP contribution in [0.15, 0.2) is 59.2 Å². The largest absolute Gasteiger partial charge is 0.494 e. The van der Waals surface area contributed by atoms with Crippen LogP contribution >= 0.6 is 15.9 Å². The van der Waals surface area contributed by atoms with Crippen molar-refractivity contribution in [2.24, 2.45) is 0 Å². The molecule has 3 nitrogen and oxygen atoms in total. The van der Waals surface area contributed by atoms with Crippen LogP contribution in [0.25, 0.3) is 10.9 Å². The van der Waals surface area contributed by atoms with Gasteiger partial charge in [-0.3, -0.25) is 4.98 Å². The molecule has 0 atom stereocenters. The van der Waals surface area contributed by atoms with Crippen molar-refractivity contribution in [1.82, 2.24) is 4.98 Å². The molecular formula is C16H12BrNO2. The van der Waals surface area contributed by atoms with E-state index in [4.69, 9.17) is 9.47 Å². The zero-order valence-corrected chi connectivity index (χ0v) is 12.4. The molecule has 0 fully saturated rings. The molecule has 0 bridgehead atoms. The van der Waals surface area contributed by atoms with E-state index in [1.165, 1.54) is 0 Å². The van der Waals surface area contributed by atoms with Crippen LogP contribution in [0.3, 0.4) is 0 Å².